The number of methoxy groups -OCH3 is 1. The number of hydrogen-bond acceptors (Lipinski definition) is 4. The molecule has 1 aromatic carbocycles. The molecule has 1 aromatic rings. The first-order chi connectivity index (χ1) is 10.6. The minimum Gasteiger partial charge on any atom is -0.495 e. The van der Waals surface area contributed by atoms with E-state index in [0.717, 1.165) is 6.54 Å². The van der Waals surface area contributed by atoms with Crippen LogP contribution in [0.25, 0.3) is 0 Å². The lowest BCUT2D eigenvalue weighted by atomic mass is 10.1. The van der Waals surface area contributed by atoms with Crippen LogP contribution < -0.4 is 20.3 Å². The Morgan fingerprint density at radius 3 is 2.86 bits per heavy atom. The van der Waals surface area contributed by atoms with E-state index >= 15 is 0 Å². The maximum Gasteiger partial charge on any atom is 0.322 e. The van der Waals surface area contributed by atoms with Crippen molar-refractivity contribution in [3.8, 4) is 5.75 Å². The number of ether oxygens (including phenoxy) is 1. The first-order valence-electron chi connectivity index (χ1n) is 7.22. The standard InChI is InChI=1S/C15H22N4O3/c1-16-6-8-18(2)14(20)11-4-5-13(22-3)12(10-11)19-9-7-17-15(19)21/h4-5,10,16H,6-9H2,1-3H3,(H,17,21). The van der Waals surface area contributed by atoms with Crippen molar-refractivity contribution in [2.75, 3.05) is 52.3 Å². The van der Waals surface area contributed by atoms with Crippen LogP contribution in [0.3, 0.4) is 0 Å². The van der Waals surface area contributed by atoms with E-state index in [9.17, 15) is 9.59 Å². The molecule has 1 aliphatic heterocycles. The molecule has 7 heteroatoms. The van der Waals surface area contributed by atoms with Crippen LogP contribution in [0.5, 0.6) is 5.75 Å². The quantitative estimate of drug-likeness (QED) is 0.803. The van der Waals surface area contributed by atoms with Gasteiger partial charge in [-0.2, -0.15) is 0 Å². The average molecular weight is 306 g/mol. The fourth-order valence-electron chi connectivity index (χ4n) is 2.34. The van der Waals surface area contributed by atoms with Crippen LogP contribution in [0.4, 0.5) is 10.5 Å². The largest absolute Gasteiger partial charge is 0.495 e. The molecule has 1 aliphatic rings. The molecule has 7 nitrogen and oxygen atoms in total. The zero-order chi connectivity index (χ0) is 16.1. The minimum absolute atomic E-state index is 0.0845. The van der Waals surface area contributed by atoms with E-state index in [1.165, 1.54) is 0 Å². The van der Waals surface area contributed by atoms with E-state index in [0.29, 0.717) is 36.6 Å². The third-order valence-corrected chi connectivity index (χ3v) is 3.62. The number of benzene rings is 1. The number of hydrogen-bond donors (Lipinski definition) is 2. The van der Waals surface area contributed by atoms with Crippen LogP contribution in [0.1, 0.15) is 10.4 Å². The Bertz CT molecular complexity index is 562. The summed E-state index contributed by atoms with van der Waals surface area (Å²) in [6, 6.07) is 4.97. The molecule has 3 amide bonds. The fraction of sp³-hybridized carbons (Fsp3) is 0.467. The Kier molecular flexibility index (Phi) is 5.21. The van der Waals surface area contributed by atoms with Crippen molar-refractivity contribution < 1.29 is 14.3 Å². The van der Waals surface area contributed by atoms with E-state index in [1.54, 1.807) is 42.2 Å². The number of anilines is 1. The van der Waals surface area contributed by atoms with Crippen LogP contribution in [-0.4, -0.2) is 64.2 Å². The summed E-state index contributed by atoms with van der Waals surface area (Å²) in [6.07, 6.45) is 0. The van der Waals surface area contributed by atoms with Gasteiger partial charge in [0.05, 0.1) is 12.8 Å². The van der Waals surface area contributed by atoms with Gasteiger partial charge in [0, 0.05) is 38.8 Å². The Labute approximate surface area is 130 Å². The van der Waals surface area contributed by atoms with Crippen molar-refractivity contribution in [2.45, 2.75) is 0 Å². The molecule has 0 radical (unpaired) electrons. The summed E-state index contributed by atoms with van der Waals surface area (Å²) in [6.45, 7) is 2.48. The van der Waals surface area contributed by atoms with Gasteiger partial charge in [-0.05, 0) is 25.2 Å². The lowest BCUT2D eigenvalue weighted by molar-refractivity contribution is 0.0797. The van der Waals surface area contributed by atoms with Crippen LogP contribution >= 0.6 is 0 Å². The molecular formula is C15H22N4O3. The van der Waals surface area contributed by atoms with Crippen LogP contribution in [-0.2, 0) is 0 Å². The van der Waals surface area contributed by atoms with Crippen molar-refractivity contribution in [1.82, 2.24) is 15.5 Å². The number of rotatable bonds is 6. The van der Waals surface area contributed by atoms with Crippen molar-refractivity contribution in [3.05, 3.63) is 23.8 Å². The predicted molar refractivity (Wildman–Crippen MR) is 84.6 cm³/mol. The van der Waals surface area contributed by atoms with Gasteiger partial charge in [-0.25, -0.2) is 4.79 Å². The highest BCUT2D eigenvalue weighted by Crippen LogP contribution is 2.30. The highest BCUT2D eigenvalue weighted by atomic mass is 16.5. The molecule has 1 saturated heterocycles. The molecule has 0 saturated carbocycles. The van der Waals surface area contributed by atoms with Gasteiger partial charge in [0.25, 0.3) is 5.91 Å². The van der Waals surface area contributed by atoms with Crippen LogP contribution in [0.15, 0.2) is 18.2 Å². The van der Waals surface area contributed by atoms with E-state index in [4.69, 9.17) is 4.74 Å². The zero-order valence-corrected chi connectivity index (χ0v) is 13.2. The summed E-state index contributed by atoms with van der Waals surface area (Å²) in [4.78, 5) is 27.5. The summed E-state index contributed by atoms with van der Waals surface area (Å²) in [5.74, 6) is 0.491. The average Bonchev–Trinajstić information content (AvgIpc) is 2.97. The summed E-state index contributed by atoms with van der Waals surface area (Å²) in [5, 5.41) is 5.76. The molecule has 0 aliphatic carbocycles. The van der Waals surface area contributed by atoms with E-state index in [1.807, 2.05) is 7.05 Å². The number of likely N-dealkylation sites (N-methyl/N-ethyl adjacent to an activating group) is 2. The highest BCUT2D eigenvalue weighted by molar-refractivity contribution is 5.99. The van der Waals surface area contributed by atoms with Gasteiger partial charge in [-0.1, -0.05) is 0 Å². The molecule has 1 heterocycles. The molecule has 2 rings (SSSR count). The summed E-state index contributed by atoms with van der Waals surface area (Å²) < 4.78 is 5.31. The third-order valence-electron chi connectivity index (χ3n) is 3.62. The van der Waals surface area contributed by atoms with Gasteiger partial charge >= 0.3 is 6.03 Å². The summed E-state index contributed by atoms with van der Waals surface area (Å²) >= 11 is 0. The molecule has 0 bridgehead atoms. The number of urea groups is 1. The number of carbonyl (C=O) groups excluding carboxylic acids is 2. The smallest absolute Gasteiger partial charge is 0.322 e. The van der Waals surface area contributed by atoms with Crippen LogP contribution in [0.2, 0.25) is 0 Å². The second-order valence-corrected chi connectivity index (χ2v) is 5.10. The topological polar surface area (TPSA) is 73.9 Å². The molecule has 120 valence electrons. The molecular weight excluding hydrogens is 284 g/mol. The molecule has 0 spiro atoms. The van der Waals surface area contributed by atoms with Crippen molar-refractivity contribution in [2.24, 2.45) is 0 Å². The molecule has 2 N–H and O–H groups in total. The Morgan fingerprint density at radius 2 is 2.27 bits per heavy atom. The molecule has 22 heavy (non-hydrogen) atoms. The van der Waals surface area contributed by atoms with Gasteiger partial charge in [0.15, 0.2) is 0 Å². The number of nitrogens with zero attached hydrogens (tertiary/aromatic N) is 2. The monoisotopic (exact) mass is 306 g/mol. The summed E-state index contributed by atoms with van der Waals surface area (Å²) in [5.41, 5.74) is 1.15. The fourth-order valence-corrected chi connectivity index (χ4v) is 2.34. The predicted octanol–water partition coefficient (Wildman–Crippen LogP) is 0.516. The lowest BCUT2D eigenvalue weighted by Crippen LogP contribution is -2.33. The maximum absolute atomic E-state index is 12.4. The van der Waals surface area contributed by atoms with Gasteiger partial charge in [-0.3, -0.25) is 9.69 Å². The lowest BCUT2D eigenvalue weighted by Gasteiger charge is -2.21. The second-order valence-electron chi connectivity index (χ2n) is 5.10. The molecule has 0 atom stereocenters. The van der Waals surface area contributed by atoms with Crippen molar-refractivity contribution in [1.29, 1.82) is 0 Å². The van der Waals surface area contributed by atoms with E-state index in [-0.39, 0.29) is 11.9 Å². The molecule has 0 aromatic heterocycles. The Morgan fingerprint density at radius 1 is 1.50 bits per heavy atom. The SMILES string of the molecule is CNCCN(C)C(=O)c1ccc(OC)c(N2CCNC2=O)c1. The first kappa shape index (κ1) is 16.1. The maximum atomic E-state index is 12.4. The van der Waals surface area contributed by atoms with Gasteiger partial charge < -0.3 is 20.3 Å². The number of nitrogens with one attached hydrogen (secondary N) is 2. The molecule has 1 fully saturated rings. The van der Waals surface area contributed by atoms with Gasteiger partial charge in [0.2, 0.25) is 0 Å². The van der Waals surface area contributed by atoms with E-state index in [2.05, 4.69) is 10.6 Å². The number of carbonyl (C=O) groups is 2. The van der Waals surface area contributed by atoms with Crippen molar-refractivity contribution >= 4 is 17.6 Å². The summed E-state index contributed by atoms with van der Waals surface area (Å²) in [7, 11) is 5.15. The Hall–Kier alpha value is -2.28. The third kappa shape index (κ3) is 3.30. The molecule has 0 unspecified atom stereocenters. The normalized spacial score (nSPS) is 14.0. The highest BCUT2D eigenvalue weighted by Gasteiger charge is 2.25. The van der Waals surface area contributed by atoms with Gasteiger partial charge in [-0.15, -0.1) is 0 Å². The van der Waals surface area contributed by atoms with Crippen molar-refractivity contribution in [3.63, 3.8) is 0 Å². The van der Waals surface area contributed by atoms with Gasteiger partial charge in [0.1, 0.15) is 5.75 Å². The van der Waals surface area contributed by atoms with Crippen LogP contribution in [0, 0.1) is 0 Å². The number of amides is 3. The first-order valence-corrected chi connectivity index (χ1v) is 7.22. The van der Waals surface area contributed by atoms with E-state index < -0.39 is 0 Å². The second kappa shape index (κ2) is 7.13. The Balaban J connectivity index is 2.26. The minimum atomic E-state index is -0.175. The zero-order valence-electron chi connectivity index (χ0n) is 13.2.